The van der Waals surface area contributed by atoms with Gasteiger partial charge in [0.2, 0.25) is 0 Å². The molecule has 168 valence electrons. The highest BCUT2D eigenvalue weighted by molar-refractivity contribution is 7.80. The first kappa shape index (κ1) is 23.2. The van der Waals surface area contributed by atoms with Crippen molar-refractivity contribution < 1.29 is 29.3 Å². The molecule has 0 spiro atoms. The number of primary amides is 1. The molecule has 3 aromatic carbocycles. The van der Waals surface area contributed by atoms with Crippen molar-refractivity contribution in [1.82, 2.24) is 5.32 Å². The van der Waals surface area contributed by atoms with Gasteiger partial charge in [0.05, 0.1) is 23.8 Å². The number of nitrogens with two attached hydrogens (primary N) is 1. The van der Waals surface area contributed by atoms with Gasteiger partial charge in [-0.2, -0.15) is 0 Å². The molecule has 0 radical (unpaired) electrons. The third kappa shape index (κ3) is 4.91. The number of para-hydroxylation sites is 1. The van der Waals surface area contributed by atoms with Crippen LogP contribution in [0.25, 0.3) is 11.1 Å². The molecule has 6 N–H and O–H groups in total. The van der Waals surface area contributed by atoms with Gasteiger partial charge in [-0.05, 0) is 29.8 Å². The fourth-order valence-corrected chi connectivity index (χ4v) is 3.54. The Morgan fingerprint density at radius 1 is 0.970 bits per heavy atom. The molecule has 0 atom stereocenters. The van der Waals surface area contributed by atoms with E-state index in [1.165, 1.54) is 25.3 Å². The topological polar surface area (TPSA) is 151 Å². The van der Waals surface area contributed by atoms with Crippen LogP contribution >= 0.6 is 12.2 Å². The van der Waals surface area contributed by atoms with Gasteiger partial charge in [0.1, 0.15) is 16.5 Å². The maximum atomic E-state index is 13.1. The van der Waals surface area contributed by atoms with Crippen LogP contribution in [0.2, 0.25) is 0 Å². The standard InChI is InChI=1S/C23H19N3O6S/c1-32-19-15(13-9-5-6-10-14(13)22(29)30)11-16(18(27)17(19)21(33)26-23(24)31)20(28)25-12-7-3-2-4-8-12/h2-11,27H,1H3,(H,25,28)(H,29,30)(H3,24,26,31,33). The fourth-order valence-electron chi connectivity index (χ4n) is 3.25. The Kier molecular flexibility index (Phi) is 6.89. The number of ether oxygens (including phenoxy) is 1. The maximum Gasteiger partial charge on any atom is 0.336 e. The van der Waals surface area contributed by atoms with Crippen molar-refractivity contribution in [3.63, 3.8) is 0 Å². The number of hydrogen-bond acceptors (Lipinski definition) is 6. The first-order valence-electron chi connectivity index (χ1n) is 9.48. The second-order valence-corrected chi connectivity index (χ2v) is 7.13. The molecule has 33 heavy (non-hydrogen) atoms. The van der Waals surface area contributed by atoms with Crippen molar-refractivity contribution in [3.05, 3.63) is 77.4 Å². The molecule has 0 saturated carbocycles. The first-order valence-corrected chi connectivity index (χ1v) is 9.89. The number of benzene rings is 3. The number of aromatic hydroxyl groups is 1. The van der Waals surface area contributed by atoms with Gasteiger partial charge >= 0.3 is 12.0 Å². The lowest BCUT2D eigenvalue weighted by atomic mass is 9.93. The highest BCUT2D eigenvalue weighted by atomic mass is 32.1. The molecule has 10 heteroatoms. The Labute approximate surface area is 193 Å². The number of aromatic carboxylic acids is 1. The Morgan fingerprint density at radius 3 is 2.21 bits per heavy atom. The summed E-state index contributed by atoms with van der Waals surface area (Å²) in [6, 6.07) is 14.9. The van der Waals surface area contributed by atoms with Crippen LogP contribution in [-0.2, 0) is 0 Å². The third-order valence-corrected chi connectivity index (χ3v) is 4.95. The van der Waals surface area contributed by atoms with Gasteiger partial charge in [-0.25, -0.2) is 9.59 Å². The molecule has 0 aliphatic heterocycles. The minimum atomic E-state index is -1.21. The van der Waals surface area contributed by atoms with Crippen LogP contribution in [0.4, 0.5) is 10.5 Å². The van der Waals surface area contributed by atoms with E-state index >= 15 is 0 Å². The van der Waals surface area contributed by atoms with Crippen LogP contribution in [0.3, 0.4) is 0 Å². The predicted octanol–water partition coefficient (Wildman–Crippen LogP) is 3.36. The number of carbonyl (C=O) groups is 3. The van der Waals surface area contributed by atoms with E-state index < -0.39 is 23.7 Å². The lowest BCUT2D eigenvalue weighted by Gasteiger charge is -2.20. The minimum Gasteiger partial charge on any atom is -0.506 e. The van der Waals surface area contributed by atoms with Gasteiger partial charge in [-0.1, -0.05) is 48.6 Å². The molecule has 9 nitrogen and oxygen atoms in total. The van der Waals surface area contributed by atoms with E-state index in [2.05, 4.69) is 10.6 Å². The predicted molar refractivity (Wildman–Crippen MR) is 126 cm³/mol. The summed E-state index contributed by atoms with van der Waals surface area (Å²) >= 11 is 5.21. The number of urea groups is 1. The highest BCUT2D eigenvalue weighted by Crippen LogP contribution is 2.42. The summed E-state index contributed by atoms with van der Waals surface area (Å²) in [4.78, 5) is 36.0. The van der Waals surface area contributed by atoms with Crippen LogP contribution in [0.1, 0.15) is 26.3 Å². The quantitative estimate of drug-likeness (QED) is 0.350. The van der Waals surface area contributed by atoms with E-state index in [9.17, 15) is 24.6 Å². The van der Waals surface area contributed by atoms with E-state index in [-0.39, 0.29) is 38.6 Å². The number of anilines is 1. The molecule has 0 aromatic heterocycles. The molecule has 0 unspecified atom stereocenters. The molecule has 3 rings (SSSR count). The van der Waals surface area contributed by atoms with E-state index in [1.54, 1.807) is 42.5 Å². The molecule has 0 heterocycles. The van der Waals surface area contributed by atoms with Crippen LogP contribution in [0.15, 0.2) is 60.7 Å². The number of phenolic OH excluding ortho intramolecular Hbond substituents is 1. The van der Waals surface area contributed by atoms with Crippen LogP contribution in [0, 0.1) is 0 Å². The van der Waals surface area contributed by atoms with Crippen molar-refractivity contribution in [3.8, 4) is 22.6 Å². The van der Waals surface area contributed by atoms with Crippen LogP contribution < -0.4 is 21.1 Å². The first-order chi connectivity index (χ1) is 15.7. The monoisotopic (exact) mass is 465 g/mol. The molecule has 0 aliphatic rings. The van der Waals surface area contributed by atoms with Crippen molar-refractivity contribution in [2.24, 2.45) is 5.73 Å². The summed E-state index contributed by atoms with van der Waals surface area (Å²) in [6.45, 7) is 0. The third-order valence-electron chi connectivity index (χ3n) is 4.64. The summed E-state index contributed by atoms with van der Waals surface area (Å²) in [5.41, 5.74) is 5.51. The van der Waals surface area contributed by atoms with Crippen LogP contribution in [-0.4, -0.2) is 40.2 Å². The minimum absolute atomic E-state index is 0.0452. The largest absolute Gasteiger partial charge is 0.506 e. The Bertz CT molecular complexity index is 1260. The van der Waals surface area contributed by atoms with Gasteiger partial charge in [0, 0.05) is 11.3 Å². The number of rotatable bonds is 6. The SMILES string of the molecule is COc1c(-c2ccccc2C(=O)O)cc(C(=O)Nc2ccccc2)c(O)c1C(=S)NC(N)=O. The molecule has 0 bridgehead atoms. The van der Waals surface area contributed by atoms with Gasteiger partial charge in [-0.3, -0.25) is 10.1 Å². The molecule has 0 saturated heterocycles. The zero-order valence-corrected chi connectivity index (χ0v) is 18.1. The van der Waals surface area contributed by atoms with E-state index in [4.69, 9.17) is 22.7 Å². The maximum absolute atomic E-state index is 13.1. The normalized spacial score (nSPS) is 10.2. The molecular weight excluding hydrogens is 446 g/mol. The van der Waals surface area contributed by atoms with Gasteiger partial charge < -0.3 is 26.0 Å². The molecule has 3 amide bonds. The lowest BCUT2D eigenvalue weighted by molar-refractivity contribution is 0.0697. The summed E-state index contributed by atoms with van der Waals surface area (Å²) in [7, 11) is 1.28. The summed E-state index contributed by atoms with van der Waals surface area (Å²) in [6.07, 6.45) is 0. The van der Waals surface area contributed by atoms with E-state index in [0.29, 0.717) is 5.69 Å². The smallest absolute Gasteiger partial charge is 0.336 e. The summed E-state index contributed by atoms with van der Waals surface area (Å²) in [5, 5.41) is 25.4. The Balaban J connectivity index is 2.29. The second kappa shape index (κ2) is 9.79. The number of thiocarbonyl (C=S) groups is 1. The Hall–Kier alpha value is -4.44. The van der Waals surface area contributed by atoms with Crippen LogP contribution in [0.5, 0.6) is 11.5 Å². The van der Waals surface area contributed by atoms with Gasteiger partial charge in [0.25, 0.3) is 5.91 Å². The zero-order chi connectivity index (χ0) is 24.1. The Morgan fingerprint density at radius 2 is 1.61 bits per heavy atom. The number of nitrogens with one attached hydrogen (secondary N) is 2. The number of carboxylic acid groups (broad SMARTS) is 1. The summed E-state index contributed by atoms with van der Waals surface area (Å²) in [5.74, 6) is -2.53. The van der Waals surface area contributed by atoms with Gasteiger partial charge in [-0.15, -0.1) is 0 Å². The number of phenols is 1. The average molecular weight is 465 g/mol. The van der Waals surface area contributed by atoms with Gasteiger partial charge in [0.15, 0.2) is 0 Å². The zero-order valence-electron chi connectivity index (χ0n) is 17.3. The van der Waals surface area contributed by atoms with E-state index in [0.717, 1.165) is 0 Å². The average Bonchev–Trinajstić information content (AvgIpc) is 2.78. The number of hydrogen-bond donors (Lipinski definition) is 5. The molecule has 0 aliphatic carbocycles. The van der Waals surface area contributed by atoms with Crippen molar-refractivity contribution in [1.29, 1.82) is 0 Å². The van der Waals surface area contributed by atoms with E-state index in [1.807, 2.05) is 0 Å². The molecular formula is C23H19N3O6S. The molecule has 0 fully saturated rings. The van der Waals surface area contributed by atoms with Crippen molar-refractivity contribution >= 4 is 40.8 Å². The van der Waals surface area contributed by atoms with Crippen molar-refractivity contribution in [2.45, 2.75) is 0 Å². The number of amides is 3. The number of carbonyl (C=O) groups excluding carboxylic acids is 2. The second-order valence-electron chi connectivity index (χ2n) is 6.72. The number of methoxy groups -OCH3 is 1. The lowest BCUT2D eigenvalue weighted by Crippen LogP contribution is -2.34. The molecule has 3 aromatic rings. The van der Waals surface area contributed by atoms with Crippen molar-refractivity contribution in [2.75, 3.05) is 12.4 Å². The highest BCUT2D eigenvalue weighted by Gasteiger charge is 2.28. The summed E-state index contributed by atoms with van der Waals surface area (Å²) < 4.78 is 5.44. The number of carboxylic acids is 1. The fraction of sp³-hybridized carbons (Fsp3) is 0.0435.